The number of aryl methyl sites for hydroxylation is 2. The van der Waals surface area contributed by atoms with E-state index in [1.54, 1.807) is 0 Å². The second-order valence-corrected chi connectivity index (χ2v) is 6.48. The van der Waals surface area contributed by atoms with Crippen molar-refractivity contribution >= 4 is 34.2 Å². The van der Waals surface area contributed by atoms with E-state index in [-0.39, 0.29) is 6.04 Å². The molecular formula is C16H21ClIN3. The summed E-state index contributed by atoms with van der Waals surface area (Å²) < 4.78 is 3.30. The molecule has 0 aliphatic rings. The van der Waals surface area contributed by atoms with Crippen molar-refractivity contribution in [2.45, 2.75) is 39.3 Å². The monoisotopic (exact) mass is 417 g/mol. The number of hydrogen-bond acceptors (Lipinski definition) is 2. The highest BCUT2D eigenvalue weighted by atomic mass is 127. The second-order valence-electron chi connectivity index (χ2n) is 4.94. The third kappa shape index (κ3) is 3.60. The van der Waals surface area contributed by atoms with E-state index in [0.29, 0.717) is 0 Å². The van der Waals surface area contributed by atoms with Gasteiger partial charge in [0.1, 0.15) is 0 Å². The Balaban J connectivity index is 2.35. The maximum Gasteiger partial charge on any atom is 0.0850 e. The summed E-state index contributed by atoms with van der Waals surface area (Å²) in [5.41, 5.74) is 3.42. The Hall–Kier alpha value is -0.590. The highest BCUT2D eigenvalue weighted by Gasteiger charge is 2.20. The first kappa shape index (κ1) is 16.8. The number of nitrogens with zero attached hydrogens (tertiary/aromatic N) is 2. The molecule has 0 bridgehead atoms. The largest absolute Gasteiger partial charge is 0.313 e. The molecule has 0 aliphatic carbocycles. The lowest BCUT2D eigenvalue weighted by Crippen LogP contribution is -2.21. The summed E-state index contributed by atoms with van der Waals surface area (Å²) in [7, 11) is 2.00. The number of benzene rings is 1. The Kier molecular flexibility index (Phi) is 6.08. The highest BCUT2D eigenvalue weighted by Crippen LogP contribution is 2.28. The second kappa shape index (κ2) is 7.61. The van der Waals surface area contributed by atoms with E-state index in [2.05, 4.69) is 71.1 Å². The van der Waals surface area contributed by atoms with Crippen LogP contribution in [0.1, 0.15) is 36.8 Å². The summed E-state index contributed by atoms with van der Waals surface area (Å²) in [6, 6.07) is 8.69. The van der Waals surface area contributed by atoms with Crippen LogP contribution in [0.3, 0.4) is 0 Å². The Morgan fingerprint density at radius 2 is 2.05 bits per heavy atom. The minimum Gasteiger partial charge on any atom is -0.313 e. The average molecular weight is 418 g/mol. The van der Waals surface area contributed by atoms with Gasteiger partial charge in [-0.3, -0.25) is 4.68 Å². The van der Waals surface area contributed by atoms with E-state index in [4.69, 9.17) is 11.6 Å². The van der Waals surface area contributed by atoms with Crippen molar-refractivity contribution in [1.82, 2.24) is 15.1 Å². The van der Waals surface area contributed by atoms with E-state index >= 15 is 0 Å². The molecule has 2 aromatic rings. The molecule has 0 amide bonds. The van der Waals surface area contributed by atoms with Crippen LogP contribution in [0.25, 0.3) is 0 Å². The summed E-state index contributed by atoms with van der Waals surface area (Å²) in [6.45, 7) is 5.04. The van der Waals surface area contributed by atoms with Crippen molar-refractivity contribution in [1.29, 1.82) is 0 Å². The predicted molar refractivity (Wildman–Crippen MR) is 97.0 cm³/mol. The van der Waals surface area contributed by atoms with Gasteiger partial charge in [0.2, 0.25) is 0 Å². The van der Waals surface area contributed by atoms with Gasteiger partial charge in [-0.2, -0.15) is 5.10 Å². The molecule has 114 valence electrons. The molecule has 0 aliphatic heterocycles. The van der Waals surface area contributed by atoms with Gasteiger partial charge in [0.15, 0.2) is 0 Å². The van der Waals surface area contributed by atoms with Crippen molar-refractivity contribution in [3.63, 3.8) is 0 Å². The molecule has 2 rings (SSSR count). The third-order valence-electron chi connectivity index (χ3n) is 3.72. The number of rotatable bonds is 6. The SMILES string of the molecule is CCc1nn(CC)c(CC(NC)c2ccccc2I)c1Cl. The van der Waals surface area contributed by atoms with Gasteiger partial charge in [0, 0.05) is 22.6 Å². The van der Waals surface area contributed by atoms with Crippen LogP contribution in [-0.2, 0) is 19.4 Å². The van der Waals surface area contributed by atoms with Gasteiger partial charge in [-0.1, -0.05) is 36.7 Å². The number of nitrogens with one attached hydrogen (secondary N) is 1. The highest BCUT2D eigenvalue weighted by molar-refractivity contribution is 14.1. The molecule has 1 aromatic carbocycles. The van der Waals surface area contributed by atoms with Gasteiger partial charge >= 0.3 is 0 Å². The third-order valence-corrected chi connectivity index (χ3v) is 5.14. The van der Waals surface area contributed by atoms with Crippen LogP contribution in [0, 0.1) is 3.57 Å². The summed E-state index contributed by atoms with van der Waals surface area (Å²) in [6.07, 6.45) is 1.71. The summed E-state index contributed by atoms with van der Waals surface area (Å²) >= 11 is 8.91. The molecule has 1 unspecified atom stereocenters. The molecule has 0 spiro atoms. The fraction of sp³-hybridized carbons (Fsp3) is 0.438. The number of likely N-dealkylation sites (N-methyl/N-ethyl adjacent to an activating group) is 1. The minimum atomic E-state index is 0.238. The standard InChI is InChI=1S/C16H21ClIN3/c1-4-13-16(17)15(21(5-2)20-13)10-14(19-3)11-8-6-7-9-12(11)18/h6-9,14,19H,4-5,10H2,1-3H3. The molecule has 1 N–H and O–H groups in total. The van der Waals surface area contributed by atoms with Crippen molar-refractivity contribution in [2.24, 2.45) is 0 Å². The quantitative estimate of drug-likeness (QED) is 0.713. The summed E-state index contributed by atoms with van der Waals surface area (Å²) in [5.74, 6) is 0. The number of halogens is 2. The van der Waals surface area contributed by atoms with Crippen molar-refractivity contribution in [2.75, 3.05) is 7.05 Å². The molecular weight excluding hydrogens is 397 g/mol. The zero-order valence-electron chi connectivity index (χ0n) is 12.7. The molecule has 3 nitrogen and oxygen atoms in total. The maximum atomic E-state index is 6.52. The van der Waals surface area contributed by atoms with E-state index in [1.165, 1.54) is 9.13 Å². The van der Waals surface area contributed by atoms with Crippen molar-refractivity contribution in [3.8, 4) is 0 Å². The Labute approximate surface area is 145 Å². The molecule has 1 aromatic heterocycles. The Bertz CT molecular complexity index is 610. The molecule has 5 heteroatoms. The first-order valence-corrected chi connectivity index (χ1v) is 8.73. The van der Waals surface area contributed by atoms with E-state index in [1.807, 2.05) is 11.7 Å². The molecule has 21 heavy (non-hydrogen) atoms. The van der Waals surface area contributed by atoms with Gasteiger partial charge in [0.05, 0.1) is 16.4 Å². The summed E-state index contributed by atoms with van der Waals surface area (Å²) in [4.78, 5) is 0. The zero-order valence-corrected chi connectivity index (χ0v) is 15.6. The van der Waals surface area contributed by atoms with Gasteiger partial charge in [-0.15, -0.1) is 0 Å². The average Bonchev–Trinajstić information content (AvgIpc) is 2.81. The molecule has 1 heterocycles. The van der Waals surface area contributed by atoms with Crippen molar-refractivity contribution < 1.29 is 0 Å². The molecule has 1 atom stereocenters. The normalized spacial score (nSPS) is 12.6. The lowest BCUT2D eigenvalue weighted by Gasteiger charge is -2.19. The van der Waals surface area contributed by atoms with Crippen LogP contribution in [0.4, 0.5) is 0 Å². The van der Waals surface area contributed by atoms with Crippen LogP contribution in [-0.4, -0.2) is 16.8 Å². The van der Waals surface area contributed by atoms with Gasteiger partial charge < -0.3 is 5.32 Å². The smallest absolute Gasteiger partial charge is 0.0850 e. The molecule has 0 saturated carbocycles. The first-order chi connectivity index (χ1) is 10.1. The minimum absolute atomic E-state index is 0.238. The topological polar surface area (TPSA) is 29.9 Å². The number of aromatic nitrogens is 2. The van der Waals surface area contributed by atoms with E-state index in [9.17, 15) is 0 Å². The first-order valence-electron chi connectivity index (χ1n) is 7.28. The van der Waals surface area contributed by atoms with Gasteiger partial charge in [-0.05, 0) is 54.6 Å². The lowest BCUT2D eigenvalue weighted by atomic mass is 10.0. The predicted octanol–water partition coefficient (Wildman–Crippen LogP) is 4.23. The molecule has 0 radical (unpaired) electrons. The van der Waals surface area contributed by atoms with Crippen LogP contribution in [0.2, 0.25) is 5.02 Å². The van der Waals surface area contributed by atoms with Crippen molar-refractivity contribution in [3.05, 3.63) is 49.8 Å². The fourth-order valence-corrected chi connectivity index (χ4v) is 3.64. The van der Waals surface area contributed by atoms with E-state index in [0.717, 1.165) is 35.8 Å². The number of hydrogen-bond donors (Lipinski definition) is 1. The van der Waals surface area contributed by atoms with Crippen LogP contribution in [0.5, 0.6) is 0 Å². The zero-order chi connectivity index (χ0) is 15.4. The molecule has 0 fully saturated rings. The molecule has 0 saturated heterocycles. The van der Waals surface area contributed by atoms with Crippen LogP contribution < -0.4 is 5.32 Å². The Morgan fingerprint density at radius 1 is 1.33 bits per heavy atom. The summed E-state index contributed by atoms with van der Waals surface area (Å²) in [5, 5.41) is 8.84. The maximum absolute atomic E-state index is 6.52. The van der Waals surface area contributed by atoms with Gasteiger partial charge in [-0.25, -0.2) is 0 Å². The van der Waals surface area contributed by atoms with Crippen LogP contribution >= 0.6 is 34.2 Å². The van der Waals surface area contributed by atoms with E-state index < -0.39 is 0 Å². The van der Waals surface area contributed by atoms with Gasteiger partial charge in [0.25, 0.3) is 0 Å². The fourth-order valence-electron chi connectivity index (χ4n) is 2.53. The Morgan fingerprint density at radius 3 is 2.62 bits per heavy atom. The lowest BCUT2D eigenvalue weighted by molar-refractivity contribution is 0.539. The van der Waals surface area contributed by atoms with Crippen LogP contribution in [0.15, 0.2) is 24.3 Å².